The first-order chi connectivity index (χ1) is 10.5. The number of carbonyl (C=O) groups is 1. The molecule has 0 saturated heterocycles. The molecule has 0 aromatic heterocycles. The molecule has 0 atom stereocenters. The Kier molecular flexibility index (Phi) is 4.99. The van der Waals surface area contributed by atoms with E-state index in [4.69, 9.17) is 9.47 Å². The van der Waals surface area contributed by atoms with E-state index in [1.807, 2.05) is 50.2 Å². The van der Waals surface area contributed by atoms with Crippen molar-refractivity contribution in [2.45, 2.75) is 13.8 Å². The van der Waals surface area contributed by atoms with Crippen LogP contribution in [0.15, 0.2) is 42.5 Å². The molecule has 0 heterocycles. The molecule has 0 aliphatic heterocycles. The number of benzene rings is 2. The summed E-state index contributed by atoms with van der Waals surface area (Å²) in [5.41, 5.74) is 3.64. The number of ketones is 1. The molecule has 2 rings (SSSR count). The van der Waals surface area contributed by atoms with Crippen LogP contribution in [0.2, 0.25) is 0 Å². The van der Waals surface area contributed by atoms with Crippen LogP contribution in [-0.2, 0) is 0 Å². The lowest BCUT2D eigenvalue weighted by atomic mass is 10.0. The Bertz CT molecular complexity index is 715. The second-order valence-electron chi connectivity index (χ2n) is 5.12. The van der Waals surface area contributed by atoms with E-state index in [0.29, 0.717) is 11.3 Å². The van der Waals surface area contributed by atoms with E-state index in [9.17, 15) is 4.79 Å². The number of methoxy groups -OCH3 is 2. The Balaban J connectivity index is 2.29. The molecule has 0 N–H and O–H groups in total. The quantitative estimate of drug-likeness (QED) is 0.612. The van der Waals surface area contributed by atoms with Gasteiger partial charge in [0.15, 0.2) is 5.78 Å². The molecule has 3 nitrogen and oxygen atoms in total. The van der Waals surface area contributed by atoms with Gasteiger partial charge in [-0.1, -0.05) is 23.8 Å². The van der Waals surface area contributed by atoms with Crippen molar-refractivity contribution in [3.05, 3.63) is 64.7 Å². The number of ether oxygens (including phenoxy) is 2. The molecule has 0 aliphatic rings. The summed E-state index contributed by atoms with van der Waals surface area (Å²) < 4.78 is 10.5. The molecule has 2 aromatic rings. The molecule has 0 bridgehead atoms. The van der Waals surface area contributed by atoms with Gasteiger partial charge in [0.25, 0.3) is 0 Å². The van der Waals surface area contributed by atoms with Gasteiger partial charge in [-0.05, 0) is 49.8 Å². The van der Waals surface area contributed by atoms with Crippen molar-refractivity contribution >= 4 is 11.9 Å². The number of hydrogen-bond acceptors (Lipinski definition) is 3. The van der Waals surface area contributed by atoms with Crippen LogP contribution in [-0.4, -0.2) is 20.0 Å². The smallest absolute Gasteiger partial charge is 0.186 e. The first kappa shape index (κ1) is 15.8. The van der Waals surface area contributed by atoms with Gasteiger partial charge in [-0.15, -0.1) is 0 Å². The van der Waals surface area contributed by atoms with Crippen LogP contribution < -0.4 is 9.47 Å². The Morgan fingerprint density at radius 2 is 1.77 bits per heavy atom. The first-order valence-electron chi connectivity index (χ1n) is 7.07. The van der Waals surface area contributed by atoms with E-state index >= 15 is 0 Å². The van der Waals surface area contributed by atoms with Crippen molar-refractivity contribution in [1.29, 1.82) is 0 Å². The number of allylic oxidation sites excluding steroid dienone is 1. The standard InChI is InChI=1S/C19H20O3/c1-13-5-8-17(14(2)11-13)18(20)9-6-15-12-16(21-3)7-10-19(15)22-4/h5-12H,1-4H3. The third-order valence-electron chi connectivity index (χ3n) is 3.50. The Morgan fingerprint density at radius 1 is 1.00 bits per heavy atom. The molecule has 0 spiro atoms. The predicted molar refractivity (Wildman–Crippen MR) is 88.8 cm³/mol. The van der Waals surface area contributed by atoms with Gasteiger partial charge in [0.05, 0.1) is 14.2 Å². The van der Waals surface area contributed by atoms with Gasteiger partial charge >= 0.3 is 0 Å². The number of aryl methyl sites for hydroxylation is 2. The maximum absolute atomic E-state index is 12.3. The fraction of sp³-hybridized carbons (Fsp3) is 0.211. The molecule has 0 unspecified atom stereocenters. The summed E-state index contributed by atoms with van der Waals surface area (Å²) in [6.45, 7) is 3.96. The zero-order valence-electron chi connectivity index (χ0n) is 13.3. The highest BCUT2D eigenvalue weighted by Gasteiger charge is 2.07. The lowest BCUT2D eigenvalue weighted by Gasteiger charge is -2.07. The summed E-state index contributed by atoms with van der Waals surface area (Å²) in [6.07, 6.45) is 3.32. The molecular formula is C19H20O3. The van der Waals surface area contributed by atoms with Crippen molar-refractivity contribution in [3.63, 3.8) is 0 Å². The SMILES string of the molecule is COc1ccc(OC)c(C=CC(=O)c2ccc(C)cc2C)c1. The van der Waals surface area contributed by atoms with Crippen LogP contribution in [0.1, 0.15) is 27.0 Å². The molecule has 114 valence electrons. The minimum Gasteiger partial charge on any atom is -0.497 e. The molecule has 0 radical (unpaired) electrons. The predicted octanol–water partition coefficient (Wildman–Crippen LogP) is 4.22. The lowest BCUT2D eigenvalue weighted by Crippen LogP contribution is -1.98. The molecular weight excluding hydrogens is 276 g/mol. The highest BCUT2D eigenvalue weighted by atomic mass is 16.5. The van der Waals surface area contributed by atoms with Gasteiger partial charge < -0.3 is 9.47 Å². The maximum Gasteiger partial charge on any atom is 0.186 e. The molecule has 3 heteroatoms. The van der Waals surface area contributed by atoms with E-state index in [2.05, 4.69) is 0 Å². The van der Waals surface area contributed by atoms with E-state index in [-0.39, 0.29) is 5.78 Å². The van der Waals surface area contributed by atoms with Crippen molar-refractivity contribution < 1.29 is 14.3 Å². The van der Waals surface area contributed by atoms with Gasteiger partial charge in [-0.25, -0.2) is 0 Å². The third kappa shape index (κ3) is 3.55. The lowest BCUT2D eigenvalue weighted by molar-refractivity contribution is 0.104. The number of rotatable bonds is 5. The minimum atomic E-state index is -0.0256. The van der Waals surface area contributed by atoms with Crippen LogP contribution >= 0.6 is 0 Å². The van der Waals surface area contributed by atoms with Crippen molar-refractivity contribution in [2.24, 2.45) is 0 Å². The van der Waals surface area contributed by atoms with Gasteiger partial charge in [0, 0.05) is 11.1 Å². The average Bonchev–Trinajstić information content (AvgIpc) is 2.52. The normalized spacial score (nSPS) is 10.7. The summed E-state index contributed by atoms with van der Waals surface area (Å²) in [4.78, 5) is 12.3. The first-order valence-corrected chi connectivity index (χ1v) is 7.07. The van der Waals surface area contributed by atoms with E-state index in [1.54, 1.807) is 26.4 Å². The molecule has 0 aliphatic carbocycles. The second kappa shape index (κ2) is 6.94. The molecule has 0 fully saturated rings. The molecule has 0 saturated carbocycles. The highest BCUT2D eigenvalue weighted by Crippen LogP contribution is 2.25. The van der Waals surface area contributed by atoms with Crippen LogP contribution in [0.3, 0.4) is 0 Å². The van der Waals surface area contributed by atoms with Crippen molar-refractivity contribution in [2.75, 3.05) is 14.2 Å². The minimum absolute atomic E-state index is 0.0256. The van der Waals surface area contributed by atoms with E-state index in [1.165, 1.54) is 0 Å². The van der Waals surface area contributed by atoms with E-state index in [0.717, 1.165) is 22.4 Å². The summed E-state index contributed by atoms with van der Waals surface area (Å²) in [5.74, 6) is 1.40. The number of carbonyl (C=O) groups excluding carboxylic acids is 1. The topological polar surface area (TPSA) is 35.5 Å². The zero-order valence-corrected chi connectivity index (χ0v) is 13.3. The van der Waals surface area contributed by atoms with Gasteiger partial charge in [0.1, 0.15) is 11.5 Å². The average molecular weight is 296 g/mol. The largest absolute Gasteiger partial charge is 0.497 e. The fourth-order valence-corrected chi connectivity index (χ4v) is 2.31. The second-order valence-corrected chi connectivity index (χ2v) is 5.12. The van der Waals surface area contributed by atoms with Crippen LogP contribution in [0, 0.1) is 13.8 Å². The molecule has 2 aromatic carbocycles. The Hall–Kier alpha value is -2.55. The van der Waals surface area contributed by atoms with E-state index < -0.39 is 0 Å². The monoisotopic (exact) mass is 296 g/mol. The summed E-state index contributed by atoms with van der Waals surface area (Å²) in [5, 5.41) is 0. The summed E-state index contributed by atoms with van der Waals surface area (Å²) in [7, 11) is 3.21. The van der Waals surface area contributed by atoms with Gasteiger partial charge in [0.2, 0.25) is 0 Å². The zero-order chi connectivity index (χ0) is 16.1. The maximum atomic E-state index is 12.3. The van der Waals surface area contributed by atoms with Crippen LogP contribution in [0.5, 0.6) is 11.5 Å². The Morgan fingerprint density at radius 3 is 2.41 bits per heavy atom. The Labute approximate surface area is 131 Å². The third-order valence-corrected chi connectivity index (χ3v) is 3.50. The highest BCUT2D eigenvalue weighted by molar-refractivity contribution is 6.07. The number of hydrogen-bond donors (Lipinski definition) is 0. The summed E-state index contributed by atoms with van der Waals surface area (Å²) in [6, 6.07) is 11.3. The van der Waals surface area contributed by atoms with Crippen LogP contribution in [0.25, 0.3) is 6.08 Å². The molecule has 22 heavy (non-hydrogen) atoms. The van der Waals surface area contributed by atoms with Crippen LogP contribution in [0.4, 0.5) is 0 Å². The molecule has 0 amide bonds. The van der Waals surface area contributed by atoms with Crippen molar-refractivity contribution in [3.8, 4) is 11.5 Å². The fourth-order valence-electron chi connectivity index (χ4n) is 2.31. The summed E-state index contributed by atoms with van der Waals surface area (Å²) >= 11 is 0. The van der Waals surface area contributed by atoms with Gasteiger partial charge in [-0.3, -0.25) is 4.79 Å². The van der Waals surface area contributed by atoms with Gasteiger partial charge in [-0.2, -0.15) is 0 Å². The van der Waals surface area contributed by atoms with Crippen molar-refractivity contribution in [1.82, 2.24) is 0 Å².